The van der Waals surface area contributed by atoms with Crippen molar-refractivity contribution in [2.75, 3.05) is 26.2 Å². The SMILES string of the molecule is CCOc1cccc(C(=O)N2CCNCC2c2nccn2C)c1. The molecule has 1 aliphatic rings. The van der Waals surface area contributed by atoms with Crippen molar-refractivity contribution in [3.63, 3.8) is 0 Å². The quantitative estimate of drug-likeness (QED) is 0.931. The molecule has 1 N–H and O–H groups in total. The van der Waals surface area contributed by atoms with Gasteiger partial charge in [0, 0.05) is 44.6 Å². The number of aryl methyl sites for hydroxylation is 1. The van der Waals surface area contributed by atoms with Gasteiger partial charge in [0.15, 0.2) is 0 Å². The summed E-state index contributed by atoms with van der Waals surface area (Å²) in [7, 11) is 1.95. The lowest BCUT2D eigenvalue weighted by Crippen LogP contribution is -2.49. The minimum absolute atomic E-state index is 0.0149. The zero-order chi connectivity index (χ0) is 16.2. The Morgan fingerprint density at radius 2 is 2.35 bits per heavy atom. The fraction of sp³-hybridized carbons (Fsp3) is 0.412. The molecule has 122 valence electrons. The van der Waals surface area contributed by atoms with Crippen LogP contribution in [0.15, 0.2) is 36.7 Å². The Bertz CT molecular complexity index is 683. The Kier molecular flexibility index (Phi) is 4.62. The average Bonchev–Trinajstić information content (AvgIpc) is 3.01. The molecular formula is C17H22N4O2. The third-order valence-electron chi connectivity index (χ3n) is 4.05. The van der Waals surface area contributed by atoms with E-state index in [1.807, 2.05) is 53.9 Å². The van der Waals surface area contributed by atoms with Crippen LogP contribution in [0.3, 0.4) is 0 Å². The van der Waals surface area contributed by atoms with E-state index < -0.39 is 0 Å². The van der Waals surface area contributed by atoms with Crippen molar-refractivity contribution in [1.29, 1.82) is 0 Å². The maximum Gasteiger partial charge on any atom is 0.254 e. The zero-order valence-corrected chi connectivity index (χ0v) is 13.5. The van der Waals surface area contributed by atoms with Gasteiger partial charge in [0.2, 0.25) is 0 Å². The van der Waals surface area contributed by atoms with Crippen molar-refractivity contribution in [3.8, 4) is 5.75 Å². The summed E-state index contributed by atoms with van der Waals surface area (Å²) in [5.41, 5.74) is 0.650. The average molecular weight is 314 g/mol. The highest BCUT2D eigenvalue weighted by molar-refractivity contribution is 5.95. The summed E-state index contributed by atoms with van der Waals surface area (Å²) in [6, 6.07) is 7.31. The number of carbonyl (C=O) groups is 1. The fourth-order valence-corrected chi connectivity index (χ4v) is 2.93. The number of ether oxygens (including phenoxy) is 1. The monoisotopic (exact) mass is 314 g/mol. The fourth-order valence-electron chi connectivity index (χ4n) is 2.93. The van der Waals surface area contributed by atoms with Crippen LogP contribution >= 0.6 is 0 Å². The lowest BCUT2D eigenvalue weighted by molar-refractivity contribution is 0.0620. The summed E-state index contributed by atoms with van der Waals surface area (Å²) in [5, 5.41) is 3.35. The smallest absolute Gasteiger partial charge is 0.254 e. The molecule has 1 aromatic heterocycles. The molecule has 0 spiro atoms. The van der Waals surface area contributed by atoms with Crippen molar-refractivity contribution in [1.82, 2.24) is 19.8 Å². The topological polar surface area (TPSA) is 59.4 Å². The van der Waals surface area contributed by atoms with Crippen molar-refractivity contribution < 1.29 is 9.53 Å². The first-order chi connectivity index (χ1) is 11.2. The van der Waals surface area contributed by atoms with Crippen LogP contribution in [0.5, 0.6) is 5.75 Å². The Balaban J connectivity index is 1.87. The van der Waals surface area contributed by atoms with Gasteiger partial charge in [-0.3, -0.25) is 4.79 Å². The van der Waals surface area contributed by atoms with E-state index in [1.165, 1.54) is 0 Å². The van der Waals surface area contributed by atoms with Gasteiger partial charge < -0.3 is 19.5 Å². The molecule has 1 amide bonds. The summed E-state index contributed by atoms with van der Waals surface area (Å²) in [6.45, 7) is 4.68. The molecule has 1 atom stereocenters. The second-order valence-corrected chi connectivity index (χ2v) is 5.58. The Labute approximate surface area is 136 Å². The van der Waals surface area contributed by atoms with Gasteiger partial charge in [-0.05, 0) is 25.1 Å². The van der Waals surface area contributed by atoms with Crippen molar-refractivity contribution >= 4 is 5.91 Å². The van der Waals surface area contributed by atoms with Crippen LogP contribution in [0.1, 0.15) is 29.1 Å². The largest absolute Gasteiger partial charge is 0.494 e. The molecular weight excluding hydrogens is 292 g/mol. The highest BCUT2D eigenvalue weighted by Crippen LogP contribution is 2.24. The molecule has 1 fully saturated rings. The van der Waals surface area contributed by atoms with E-state index in [2.05, 4.69) is 10.3 Å². The van der Waals surface area contributed by atoms with Crippen LogP contribution in [0.4, 0.5) is 0 Å². The van der Waals surface area contributed by atoms with Crippen LogP contribution in [-0.4, -0.2) is 46.6 Å². The van der Waals surface area contributed by atoms with E-state index in [0.29, 0.717) is 25.3 Å². The van der Waals surface area contributed by atoms with Gasteiger partial charge in [0.25, 0.3) is 5.91 Å². The van der Waals surface area contributed by atoms with E-state index in [0.717, 1.165) is 18.1 Å². The minimum atomic E-state index is -0.0630. The predicted octanol–water partition coefficient (Wildman–Crippen LogP) is 1.61. The molecule has 23 heavy (non-hydrogen) atoms. The maximum atomic E-state index is 13.0. The number of nitrogens with one attached hydrogen (secondary N) is 1. The molecule has 1 saturated heterocycles. The third-order valence-corrected chi connectivity index (χ3v) is 4.05. The standard InChI is InChI=1S/C17H22N4O2/c1-3-23-14-6-4-5-13(11-14)17(22)21-10-7-18-12-15(21)16-19-8-9-20(16)2/h4-6,8-9,11,15,18H,3,7,10,12H2,1-2H3. The summed E-state index contributed by atoms with van der Waals surface area (Å²) >= 11 is 0. The highest BCUT2D eigenvalue weighted by atomic mass is 16.5. The lowest BCUT2D eigenvalue weighted by Gasteiger charge is -2.35. The minimum Gasteiger partial charge on any atom is -0.494 e. The third kappa shape index (κ3) is 3.22. The van der Waals surface area contributed by atoms with Crippen LogP contribution in [0.2, 0.25) is 0 Å². The molecule has 0 aliphatic carbocycles. The van der Waals surface area contributed by atoms with Gasteiger partial charge in [-0.2, -0.15) is 0 Å². The molecule has 2 aromatic rings. The van der Waals surface area contributed by atoms with Crippen LogP contribution in [0, 0.1) is 0 Å². The van der Waals surface area contributed by atoms with E-state index in [1.54, 1.807) is 6.20 Å². The number of amides is 1. The van der Waals surface area contributed by atoms with Gasteiger partial charge in [-0.1, -0.05) is 6.07 Å². The van der Waals surface area contributed by atoms with Crippen molar-refractivity contribution in [3.05, 3.63) is 48.0 Å². The Hall–Kier alpha value is -2.34. The van der Waals surface area contributed by atoms with Crippen LogP contribution in [0.25, 0.3) is 0 Å². The van der Waals surface area contributed by atoms with Crippen molar-refractivity contribution in [2.24, 2.45) is 7.05 Å². The van der Waals surface area contributed by atoms with Gasteiger partial charge in [0.1, 0.15) is 17.6 Å². The first kappa shape index (κ1) is 15.6. The lowest BCUT2D eigenvalue weighted by atomic mass is 10.1. The molecule has 6 heteroatoms. The Morgan fingerprint density at radius 3 is 3.09 bits per heavy atom. The summed E-state index contributed by atoms with van der Waals surface area (Å²) < 4.78 is 7.47. The number of benzene rings is 1. The van der Waals surface area contributed by atoms with Crippen molar-refractivity contribution in [2.45, 2.75) is 13.0 Å². The first-order valence-corrected chi connectivity index (χ1v) is 7.92. The highest BCUT2D eigenvalue weighted by Gasteiger charge is 2.31. The van der Waals surface area contributed by atoms with Gasteiger partial charge in [-0.15, -0.1) is 0 Å². The number of rotatable bonds is 4. The summed E-state index contributed by atoms with van der Waals surface area (Å²) in [4.78, 5) is 19.3. The molecule has 0 bridgehead atoms. The molecule has 2 heterocycles. The molecule has 1 aliphatic heterocycles. The molecule has 0 radical (unpaired) electrons. The molecule has 1 unspecified atom stereocenters. The number of carbonyl (C=O) groups excluding carboxylic acids is 1. The second kappa shape index (κ2) is 6.83. The van der Waals surface area contributed by atoms with Gasteiger partial charge >= 0.3 is 0 Å². The second-order valence-electron chi connectivity index (χ2n) is 5.58. The normalized spacial score (nSPS) is 18.0. The first-order valence-electron chi connectivity index (χ1n) is 7.92. The number of piperazine rings is 1. The number of aromatic nitrogens is 2. The van der Waals surface area contributed by atoms with E-state index in [9.17, 15) is 4.79 Å². The van der Waals surface area contributed by atoms with Crippen LogP contribution in [-0.2, 0) is 7.05 Å². The maximum absolute atomic E-state index is 13.0. The molecule has 6 nitrogen and oxygen atoms in total. The van der Waals surface area contributed by atoms with Crippen LogP contribution < -0.4 is 10.1 Å². The van der Waals surface area contributed by atoms with E-state index in [-0.39, 0.29) is 11.9 Å². The molecule has 1 aromatic carbocycles. The number of hydrogen-bond acceptors (Lipinski definition) is 4. The van der Waals surface area contributed by atoms with E-state index in [4.69, 9.17) is 4.74 Å². The van der Waals surface area contributed by atoms with Gasteiger partial charge in [-0.25, -0.2) is 4.98 Å². The predicted molar refractivity (Wildman–Crippen MR) is 87.5 cm³/mol. The van der Waals surface area contributed by atoms with Gasteiger partial charge in [0.05, 0.1) is 6.61 Å². The number of nitrogens with zero attached hydrogens (tertiary/aromatic N) is 3. The number of imidazole rings is 1. The summed E-state index contributed by atoms with van der Waals surface area (Å²) in [5.74, 6) is 1.63. The number of hydrogen-bond donors (Lipinski definition) is 1. The van der Waals surface area contributed by atoms with E-state index >= 15 is 0 Å². The molecule has 3 rings (SSSR count). The Morgan fingerprint density at radius 1 is 1.48 bits per heavy atom. The summed E-state index contributed by atoms with van der Waals surface area (Å²) in [6.07, 6.45) is 3.67. The molecule has 0 saturated carbocycles. The zero-order valence-electron chi connectivity index (χ0n) is 13.5.